The second-order valence-electron chi connectivity index (χ2n) is 5.99. The van der Waals surface area contributed by atoms with E-state index in [2.05, 4.69) is 0 Å². The van der Waals surface area contributed by atoms with Gasteiger partial charge in [0.05, 0.1) is 25.4 Å². The number of aliphatic hydroxyl groups is 1. The number of ether oxygens (including phenoxy) is 2. The summed E-state index contributed by atoms with van der Waals surface area (Å²) >= 11 is 0. The van der Waals surface area contributed by atoms with E-state index < -0.39 is 17.5 Å². The van der Waals surface area contributed by atoms with Crippen molar-refractivity contribution < 1.29 is 19.4 Å². The highest BCUT2D eigenvalue weighted by Gasteiger charge is 2.31. The van der Waals surface area contributed by atoms with Crippen LogP contribution in [0, 0.1) is 11.3 Å². The lowest BCUT2D eigenvalue weighted by molar-refractivity contribution is -0.0329. The maximum Gasteiger partial charge on any atom is 0.338 e. The zero-order valence-electron chi connectivity index (χ0n) is 12.8. The van der Waals surface area contributed by atoms with Gasteiger partial charge in [0, 0.05) is 5.41 Å². The second-order valence-corrected chi connectivity index (χ2v) is 5.99. The molecule has 0 aliphatic heterocycles. The van der Waals surface area contributed by atoms with Gasteiger partial charge in [-0.1, -0.05) is 33.8 Å². The van der Waals surface area contributed by atoms with Gasteiger partial charge in [0.2, 0.25) is 0 Å². The van der Waals surface area contributed by atoms with E-state index in [1.54, 1.807) is 31.4 Å². The fourth-order valence-electron chi connectivity index (χ4n) is 2.07. The van der Waals surface area contributed by atoms with Crippen LogP contribution in [0.1, 0.15) is 38.1 Å². The number of methoxy groups -OCH3 is 1. The summed E-state index contributed by atoms with van der Waals surface area (Å²) < 4.78 is 10.4. The molecule has 0 aliphatic carbocycles. The molecule has 0 fully saturated rings. The Morgan fingerprint density at radius 2 is 2.00 bits per heavy atom. The zero-order valence-corrected chi connectivity index (χ0v) is 12.8. The number of rotatable bonds is 6. The number of hydrogen-bond donors (Lipinski definition) is 1. The molecule has 112 valence electrons. The smallest absolute Gasteiger partial charge is 0.338 e. The average Bonchev–Trinajstić information content (AvgIpc) is 2.43. The molecule has 0 heterocycles. The van der Waals surface area contributed by atoms with Gasteiger partial charge in [-0.3, -0.25) is 0 Å². The maximum atomic E-state index is 12.0. The summed E-state index contributed by atoms with van der Waals surface area (Å²) in [6, 6.07) is 6.82. The third-order valence-corrected chi connectivity index (χ3v) is 3.31. The molecule has 0 radical (unpaired) electrons. The Labute approximate surface area is 120 Å². The van der Waals surface area contributed by atoms with Crippen LogP contribution in [0.2, 0.25) is 0 Å². The summed E-state index contributed by atoms with van der Waals surface area (Å²) in [4.78, 5) is 12.0. The first-order valence-electron chi connectivity index (χ1n) is 6.77. The standard InChI is InChI=1S/C16H24O4/c1-11(2)14(17)16(3,4)10-20-15(18)12-7-6-8-13(9-12)19-5/h6-9,11,14,17H,10H2,1-5H3. The summed E-state index contributed by atoms with van der Waals surface area (Å²) in [5, 5.41) is 10.1. The van der Waals surface area contributed by atoms with Crippen LogP contribution in [0.4, 0.5) is 0 Å². The highest BCUT2D eigenvalue weighted by molar-refractivity contribution is 5.89. The fraction of sp³-hybridized carbons (Fsp3) is 0.562. The molecule has 0 spiro atoms. The van der Waals surface area contributed by atoms with E-state index in [1.165, 1.54) is 0 Å². The largest absolute Gasteiger partial charge is 0.497 e. The molecule has 0 aliphatic rings. The molecule has 0 saturated carbocycles. The van der Waals surface area contributed by atoms with Crippen LogP contribution in [0.25, 0.3) is 0 Å². The lowest BCUT2D eigenvalue weighted by Crippen LogP contribution is -2.38. The van der Waals surface area contributed by atoms with Gasteiger partial charge < -0.3 is 14.6 Å². The molecule has 20 heavy (non-hydrogen) atoms. The molecule has 0 saturated heterocycles. The van der Waals surface area contributed by atoms with Gasteiger partial charge in [-0.25, -0.2) is 4.79 Å². The van der Waals surface area contributed by atoms with Crippen molar-refractivity contribution in [3.8, 4) is 5.75 Å². The van der Waals surface area contributed by atoms with Gasteiger partial charge >= 0.3 is 5.97 Å². The van der Waals surface area contributed by atoms with Crippen molar-refractivity contribution in [1.82, 2.24) is 0 Å². The third kappa shape index (κ3) is 4.23. The molecule has 0 amide bonds. The van der Waals surface area contributed by atoms with Crippen LogP contribution in [0.15, 0.2) is 24.3 Å². The first-order valence-corrected chi connectivity index (χ1v) is 6.77. The first-order chi connectivity index (χ1) is 9.27. The molecule has 1 aromatic rings. The Kier molecular flexibility index (Phi) is 5.57. The number of benzene rings is 1. The second kappa shape index (κ2) is 6.75. The third-order valence-electron chi connectivity index (χ3n) is 3.31. The minimum Gasteiger partial charge on any atom is -0.497 e. The van der Waals surface area contributed by atoms with E-state index in [9.17, 15) is 9.90 Å². The monoisotopic (exact) mass is 280 g/mol. The minimum absolute atomic E-state index is 0.112. The molecule has 0 bridgehead atoms. The molecule has 1 atom stereocenters. The average molecular weight is 280 g/mol. The molecular weight excluding hydrogens is 256 g/mol. The van der Waals surface area contributed by atoms with Crippen molar-refractivity contribution in [2.45, 2.75) is 33.8 Å². The molecule has 1 aromatic carbocycles. The lowest BCUT2D eigenvalue weighted by atomic mass is 9.81. The molecule has 4 heteroatoms. The Hall–Kier alpha value is -1.55. The van der Waals surface area contributed by atoms with Crippen molar-refractivity contribution in [3.05, 3.63) is 29.8 Å². The van der Waals surface area contributed by atoms with Crippen molar-refractivity contribution in [2.24, 2.45) is 11.3 Å². The van der Waals surface area contributed by atoms with Crippen LogP contribution in [-0.4, -0.2) is 30.9 Å². The Morgan fingerprint density at radius 1 is 1.35 bits per heavy atom. The van der Waals surface area contributed by atoms with Gasteiger partial charge in [0.25, 0.3) is 0 Å². The predicted octanol–water partition coefficient (Wildman–Crippen LogP) is 2.90. The van der Waals surface area contributed by atoms with Gasteiger partial charge in [-0.15, -0.1) is 0 Å². The van der Waals surface area contributed by atoms with E-state index in [0.717, 1.165) is 0 Å². The Morgan fingerprint density at radius 3 is 2.55 bits per heavy atom. The van der Waals surface area contributed by atoms with Crippen LogP contribution in [0.3, 0.4) is 0 Å². The lowest BCUT2D eigenvalue weighted by Gasteiger charge is -2.32. The molecular formula is C16H24O4. The number of aliphatic hydroxyl groups excluding tert-OH is 1. The van der Waals surface area contributed by atoms with Crippen molar-refractivity contribution in [2.75, 3.05) is 13.7 Å². The van der Waals surface area contributed by atoms with Crippen LogP contribution >= 0.6 is 0 Å². The van der Waals surface area contributed by atoms with Crippen molar-refractivity contribution >= 4 is 5.97 Å². The van der Waals surface area contributed by atoms with E-state index in [-0.39, 0.29) is 12.5 Å². The molecule has 4 nitrogen and oxygen atoms in total. The minimum atomic E-state index is -0.527. The topological polar surface area (TPSA) is 55.8 Å². The van der Waals surface area contributed by atoms with E-state index >= 15 is 0 Å². The van der Waals surface area contributed by atoms with E-state index in [1.807, 2.05) is 27.7 Å². The van der Waals surface area contributed by atoms with Gasteiger partial charge in [0.15, 0.2) is 0 Å². The highest BCUT2D eigenvalue weighted by atomic mass is 16.5. The summed E-state index contributed by atoms with van der Waals surface area (Å²) in [6.07, 6.45) is -0.527. The zero-order chi connectivity index (χ0) is 15.3. The Balaban J connectivity index is 2.67. The number of carbonyl (C=O) groups excluding carboxylic acids is 1. The van der Waals surface area contributed by atoms with Crippen molar-refractivity contribution in [3.63, 3.8) is 0 Å². The summed E-state index contributed by atoms with van der Waals surface area (Å²) in [5.41, 5.74) is -0.0397. The maximum absolute atomic E-state index is 12.0. The predicted molar refractivity (Wildman–Crippen MR) is 77.9 cm³/mol. The van der Waals surface area contributed by atoms with E-state index in [4.69, 9.17) is 9.47 Å². The highest BCUT2D eigenvalue weighted by Crippen LogP contribution is 2.26. The summed E-state index contributed by atoms with van der Waals surface area (Å²) in [6.45, 7) is 7.82. The number of hydrogen-bond acceptors (Lipinski definition) is 4. The number of carbonyl (C=O) groups is 1. The molecule has 1 N–H and O–H groups in total. The summed E-state index contributed by atoms with van der Waals surface area (Å²) in [5.74, 6) is 0.314. The molecule has 1 unspecified atom stereocenters. The Bertz CT molecular complexity index is 452. The first kappa shape index (κ1) is 16.5. The molecule has 1 rings (SSSR count). The molecule has 0 aromatic heterocycles. The summed E-state index contributed by atoms with van der Waals surface area (Å²) in [7, 11) is 1.55. The van der Waals surface area contributed by atoms with Gasteiger partial charge in [-0.2, -0.15) is 0 Å². The van der Waals surface area contributed by atoms with Crippen molar-refractivity contribution in [1.29, 1.82) is 0 Å². The quantitative estimate of drug-likeness (QED) is 0.814. The van der Waals surface area contributed by atoms with Crippen LogP contribution < -0.4 is 4.74 Å². The van der Waals surface area contributed by atoms with Gasteiger partial charge in [0.1, 0.15) is 5.75 Å². The number of esters is 1. The van der Waals surface area contributed by atoms with E-state index in [0.29, 0.717) is 11.3 Å². The fourth-order valence-corrected chi connectivity index (χ4v) is 2.07. The van der Waals surface area contributed by atoms with Crippen LogP contribution in [0.5, 0.6) is 5.75 Å². The van der Waals surface area contributed by atoms with Crippen LogP contribution in [-0.2, 0) is 4.74 Å². The SMILES string of the molecule is COc1cccc(C(=O)OCC(C)(C)C(O)C(C)C)c1. The van der Waals surface area contributed by atoms with Gasteiger partial charge in [-0.05, 0) is 24.1 Å². The normalized spacial score (nSPS) is 13.2.